The maximum atomic E-state index is 13.1. The molecule has 0 aliphatic rings. The first-order valence-corrected chi connectivity index (χ1v) is 15.0. The number of benzene rings is 4. The molecular weight excluding hydrogens is 572 g/mol. The summed E-state index contributed by atoms with van der Waals surface area (Å²) in [5, 5.41) is 5.00. The van der Waals surface area contributed by atoms with Crippen LogP contribution in [0.2, 0.25) is 0 Å². The topological polar surface area (TPSA) is 103 Å². The number of aromatic nitrogens is 3. The third-order valence-electron chi connectivity index (χ3n) is 6.84. The van der Waals surface area contributed by atoms with E-state index in [-0.39, 0.29) is 5.56 Å². The molecule has 0 saturated carbocycles. The Morgan fingerprint density at radius 1 is 0.773 bits per heavy atom. The van der Waals surface area contributed by atoms with Crippen LogP contribution in [0.5, 0.6) is 5.75 Å². The van der Waals surface area contributed by atoms with Crippen molar-refractivity contribution in [3.63, 3.8) is 0 Å². The number of nitrogens with zero attached hydrogens (tertiary/aromatic N) is 3. The van der Waals surface area contributed by atoms with Gasteiger partial charge < -0.3 is 9.47 Å². The van der Waals surface area contributed by atoms with Gasteiger partial charge in [-0.3, -0.25) is 10.1 Å². The standard InChI is InChI=1S/C35H28N4O4S/c1-3-42-27-17-14-23(15-18-27)30-21-44-35(38-30)39-33(40)22(2)43-34(41)26-16-19-28-29(20-26)37-32(25-12-8-5-9-13-25)31(36-28)24-10-6-4-7-11-24/h4-22H,3H2,1-2H3,(H,38,39,40). The number of nitrogens with one attached hydrogen (secondary N) is 1. The van der Waals surface area contributed by atoms with E-state index in [1.165, 1.54) is 18.3 Å². The van der Waals surface area contributed by atoms with Crippen LogP contribution in [0.15, 0.2) is 109 Å². The van der Waals surface area contributed by atoms with E-state index in [9.17, 15) is 9.59 Å². The molecule has 2 aromatic heterocycles. The number of rotatable bonds is 9. The molecule has 1 amide bonds. The van der Waals surface area contributed by atoms with Gasteiger partial charge in [-0.05, 0) is 56.3 Å². The molecule has 0 aliphatic carbocycles. The first-order chi connectivity index (χ1) is 21.5. The van der Waals surface area contributed by atoms with Gasteiger partial charge in [0.05, 0.1) is 40.3 Å². The summed E-state index contributed by atoms with van der Waals surface area (Å²) >= 11 is 1.29. The average Bonchev–Trinajstić information content (AvgIpc) is 3.53. The van der Waals surface area contributed by atoms with Gasteiger partial charge in [0, 0.05) is 22.1 Å². The van der Waals surface area contributed by atoms with Crippen molar-refractivity contribution in [2.45, 2.75) is 20.0 Å². The van der Waals surface area contributed by atoms with Crippen LogP contribution in [0, 0.1) is 0 Å². The molecule has 4 aromatic carbocycles. The number of carbonyl (C=O) groups is 2. The molecule has 6 aromatic rings. The fourth-order valence-electron chi connectivity index (χ4n) is 4.62. The van der Waals surface area contributed by atoms with Crippen LogP contribution in [0.4, 0.5) is 5.13 Å². The van der Waals surface area contributed by atoms with Gasteiger partial charge in [-0.15, -0.1) is 11.3 Å². The Kier molecular flexibility index (Phi) is 8.38. The summed E-state index contributed by atoms with van der Waals surface area (Å²) in [6.07, 6.45) is -1.05. The number of ether oxygens (including phenoxy) is 2. The molecule has 2 heterocycles. The SMILES string of the molecule is CCOc1ccc(-c2csc(NC(=O)C(C)OC(=O)c3ccc4nc(-c5ccccc5)c(-c5ccccc5)nc4c3)n2)cc1. The Labute approximate surface area is 258 Å². The molecule has 8 nitrogen and oxygen atoms in total. The summed E-state index contributed by atoms with van der Waals surface area (Å²) in [4.78, 5) is 40.3. The second kappa shape index (κ2) is 12.8. The smallest absolute Gasteiger partial charge is 0.338 e. The van der Waals surface area contributed by atoms with Gasteiger partial charge in [-0.25, -0.2) is 19.7 Å². The number of amides is 1. The van der Waals surface area contributed by atoms with E-state index in [0.29, 0.717) is 28.5 Å². The van der Waals surface area contributed by atoms with Crippen molar-refractivity contribution in [2.75, 3.05) is 11.9 Å². The third kappa shape index (κ3) is 6.33. The molecule has 1 unspecified atom stereocenters. The molecule has 0 saturated heterocycles. The predicted octanol–water partition coefficient (Wildman–Crippen LogP) is 7.67. The van der Waals surface area contributed by atoms with E-state index in [4.69, 9.17) is 19.4 Å². The molecular formula is C35H28N4O4S. The molecule has 1 N–H and O–H groups in total. The molecule has 0 fully saturated rings. The van der Waals surface area contributed by atoms with Crippen molar-refractivity contribution in [1.29, 1.82) is 0 Å². The second-order valence-electron chi connectivity index (χ2n) is 9.89. The van der Waals surface area contributed by atoms with Gasteiger partial charge in [0.1, 0.15) is 5.75 Å². The normalized spacial score (nSPS) is 11.6. The highest BCUT2D eigenvalue weighted by molar-refractivity contribution is 7.14. The molecule has 44 heavy (non-hydrogen) atoms. The fraction of sp³-hybridized carbons (Fsp3) is 0.114. The van der Waals surface area contributed by atoms with Crippen LogP contribution >= 0.6 is 11.3 Å². The lowest BCUT2D eigenvalue weighted by molar-refractivity contribution is -0.123. The number of thiazole rings is 1. The van der Waals surface area contributed by atoms with Crippen molar-refractivity contribution in [1.82, 2.24) is 15.0 Å². The highest BCUT2D eigenvalue weighted by atomic mass is 32.1. The molecule has 0 spiro atoms. The van der Waals surface area contributed by atoms with Crippen molar-refractivity contribution < 1.29 is 19.1 Å². The summed E-state index contributed by atoms with van der Waals surface area (Å²) in [6, 6.07) is 32.2. The summed E-state index contributed by atoms with van der Waals surface area (Å²) in [7, 11) is 0. The Hall–Kier alpha value is -5.41. The molecule has 0 aliphatic heterocycles. The fourth-order valence-corrected chi connectivity index (χ4v) is 5.34. The molecule has 0 radical (unpaired) electrons. The van der Waals surface area contributed by atoms with Crippen LogP contribution < -0.4 is 10.1 Å². The van der Waals surface area contributed by atoms with E-state index in [1.54, 1.807) is 18.2 Å². The summed E-state index contributed by atoms with van der Waals surface area (Å²) in [5.74, 6) is -0.341. The summed E-state index contributed by atoms with van der Waals surface area (Å²) in [6.45, 7) is 4.05. The number of hydrogen-bond acceptors (Lipinski definition) is 8. The van der Waals surface area contributed by atoms with Crippen LogP contribution in [0.1, 0.15) is 24.2 Å². The van der Waals surface area contributed by atoms with E-state index in [2.05, 4.69) is 10.3 Å². The summed E-state index contributed by atoms with van der Waals surface area (Å²) in [5.41, 5.74) is 6.37. The van der Waals surface area contributed by atoms with E-state index >= 15 is 0 Å². The zero-order valence-corrected chi connectivity index (χ0v) is 24.9. The Morgan fingerprint density at radius 3 is 2.05 bits per heavy atom. The molecule has 218 valence electrons. The minimum absolute atomic E-state index is 0.268. The number of fused-ring (bicyclic) bond motifs is 1. The Balaban J connectivity index is 1.17. The van der Waals surface area contributed by atoms with Crippen molar-refractivity contribution in [3.8, 4) is 39.5 Å². The first kappa shape index (κ1) is 28.7. The lowest BCUT2D eigenvalue weighted by atomic mass is 10.0. The van der Waals surface area contributed by atoms with Gasteiger partial charge in [0.25, 0.3) is 5.91 Å². The van der Waals surface area contributed by atoms with Crippen molar-refractivity contribution in [3.05, 3.63) is 114 Å². The van der Waals surface area contributed by atoms with E-state index < -0.39 is 18.0 Å². The van der Waals surface area contributed by atoms with Crippen molar-refractivity contribution in [2.24, 2.45) is 0 Å². The van der Waals surface area contributed by atoms with Gasteiger partial charge in [0.2, 0.25) is 0 Å². The van der Waals surface area contributed by atoms with Gasteiger partial charge in [0.15, 0.2) is 11.2 Å². The van der Waals surface area contributed by atoms with Crippen LogP contribution in [-0.2, 0) is 9.53 Å². The Morgan fingerprint density at radius 2 is 1.41 bits per heavy atom. The highest BCUT2D eigenvalue weighted by Gasteiger charge is 2.21. The lowest BCUT2D eigenvalue weighted by Gasteiger charge is -2.13. The molecule has 9 heteroatoms. The maximum absolute atomic E-state index is 13.1. The van der Waals surface area contributed by atoms with Crippen LogP contribution in [-0.4, -0.2) is 39.5 Å². The average molecular weight is 601 g/mol. The molecule has 1 atom stereocenters. The summed E-state index contributed by atoms with van der Waals surface area (Å²) < 4.78 is 11.0. The van der Waals surface area contributed by atoms with E-state index in [0.717, 1.165) is 33.8 Å². The van der Waals surface area contributed by atoms with E-state index in [1.807, 2.05) is 97.2 Å². The first-order valence-electron chi connectivity index (χ1n) is 14.1. The number of esters is 1. The number of hydrogen-bond donors (Lipinski definition) is 1. The highest BCUT2D eigenvalue weighted by Crippen LogP contribution is 2.31. The van der Waals surface area contributed by atoms with Crippen LogP contribution in [0.25, 0.3) is 44.8 Å². The molecule has 0 bridgehead atoms. The quantitative estimate of drug-likeness (QED) is 0.170. The lowest BCUT2D eigenvalue weighted by Crippen LogP contribution is -2.30. The predicted molar refractivity (Wildman–Crippen MR) is 173 cm³/mol. The molecule has 6 rings (SSSR count). The number of anilines is 1. The zero-order chi connectivity index (χ0) is 30.5. The monoisotopic (exact) mass is 600 g/mol. The number of carbonyl (C=O) groups excluding carboxylic acids is 2. The van der Waals surface area contributed by atoms with Gasteiger partial charge >= 0.3 is 5.97 Å². The third-order valence-corrected chi connectivity index (χ3v) is 7.60. The van der Waals surface area contributed by atoms with Crippen LogP contribution in [0.3, 0.4) is 0 Å². The second-order valence-corrected chi connectivity index (χ2v) is 10.7. The Bertz CT molecular complexity index is 1930. The van der Waals surface area contributed by atoms with Gasteiger partial charge in [-0.1, -0.05) is 60.7 Å². The van der Waals surface area contributed by atoms with Gasteiger partial charge in [-0.2, -0.15) is 0 Å². The minimum atomic E-state index is -1.05. The van der Waals surface area contributed by atoms with Crippen molar-refractivity contribution >= 4 is 39.4 Å². The minimum Gasteiger partial charge on any atom is -0.494 e. The zero-order valence-electron chi connectivity index (χ0n) is 24.1. The largest absolute Gasteiger partial charge is 0.494 e. The maximum Gasteiger partial charge on any atom is 0.338 e.